The summed E-state index contributed by atoms with van der Waals surface area (Å²) in [7, 11) is 1.48. The van der Waals surface area contributed by atoms with E-state index in [0.29, 0.717) is 19.3 Å². The molecule has 0 N–H and O–H groups in total. The molecule has 2 unspecified atom stereocenters. The van der Waals surface area contributed by atoms with E-state index in [1.165, 1.54) is 13.2 Å². The van der Waals surface area contributed by atoms with Crippen LogP contribution in [0.5, 0.6) is 0 Å². The molecule has 0 spiro atoms. The van der Waals surface area contributed by atoms with Gasteiger partial charge in [-0.3, -0.25) is 9.59 Å². The van der Waals surface area contributed by atoms with Crippen LogP contribution in [-0.4, -0.2) is 36.9 Å². The number of allylic oxidation sites excluding steroid dienone is 1. The van der Waals surface area contributed by atoms with Crippen LogP contribution >= 0.6 is 0 Å². The highest BCUT2D eigenvalue weighted by molar-refractivity contribution is 6.15. The van der Waals surface area contributed by atoms with Crippen LogP contribution in [-0.2, 0) is 31.8 Å². The van der Waals surface area contributed by atoms with E-state index in [1.807, 2.05) is 0 Å². The topological polar surface area (TPSA) is 65.5 Å². The quantitative estimate of drug-likeness (QED) is 0.521. The summed E-state index contributed by atoms with van der Waals surface area (Å²) in [4.78, 5) is 29.1. The van der Waals surface area contributed by atoms with E-state index in [4.69, 9.17) is 9.47 Å². The Hall–Kier alpha value is -2.06. The summed E-state index contributed by atoms with van der Waals surface area (Å²) in [5.74, 6) is -1.73. The highest BCUT2D eigenvalue weighted by Crippen LogP contribution is 2.44. The number of hydrogen-bond acceptors (Lipinski definition) is 5. The van der Waals surface area contributed by atoms with Crippen molar-refractivity contribution in [3.05, 3.63) is 35.7 Å². The SMILES string of the molecule is C=C(c1ccc(C(F)(F)F)nc1COCCOC)C1C(=O)C2CCC(C2)C1=O. The normalized spacial score (nSPS) is 24.6. The van der Waals surface area contributed by atoms with Gasteiger partial charge in [0, 0.05) is 24.5 Å². The molecule has 2 atom stereocenters. The van der Waals surface area contributed by atoms with Crippen LogP contribution in [0, 0.1) is 17.8 Å². The van der Waals surface area contributed by atoms with Gasteiger partial charge in [0.05, 0.1) is 25.5 Å². The number of halogens is 3. The molecule has 5 nitrogen and oxygen atoms in total. The molecule has 28 heavy (non-hydrogen) atoms. The number of hydrogen-bond donors (Lipinski definition) is 0. The van der Waals surface area contributed by atoms with Crippen molar-refractivity contribution in [3.8, 4) is 0 Å². The summed E-state index contributed by atoms with van der Waals surface area (Å²) in [6.45, 7) is 4.14. The fraction of sp³-hybridized carbons (Fsp3) is 0.550. The van der Waals surface area contributed by atoms with Crippen molar-refractivity contribution in [1.29, 1.82) is 0 Å². The van der Waals surface area contributed by atoms with Crippen molar-refractivity contribution in [2.24, 2.45) is 17.8 Å². The second kappa shape index (κ2) is 8.13. The monoisotopic (exact) mass is 397 g/mol. The van der Waals surface area contributed by atoms with Crippen LogP contribution in [0.2, 0.25) is 0 Å². The van der Waals surface area contributed by atoms with E-state index in [2.05, 4.69) is 11.6 Å². The Bertz CT molecular complexity index is 768. The van der Waals surface area contributed by atoms with Gasteiger partial charge in [0.25, 0.3) is 0 Å². The predicted molar refractivity (Wildman–Crippen MR) is 94.1 cm³/mol. The molecule has 2 saturated carbocycles. The Morgan fingerprint density at radius 1 is 1.18 bits per heavy atom. The lowest BCUT2D eigenvalue weighted by Gasteiger charge is -2.27. The second-order valence-corrected chi connectivity index (χ2v) is 7.20. The molecular weight excluding hydrogens is 375 g/mol. The third-order valence-electron chi connectivity index (χ3n) is 5.44. The summed E-state index contributed by atoms with van der Waals surface area (Å²) in [5.41, 5.74) is -0.582. The molecule has 2 fully saturated rings. The van der Waals surface area contributed by atoms with Crippen molar-refractivity contribution in [1.82, 2.24) is 4.98 Å². The van der Waals surface area contributed by atoms with Gasteiger partial charge in [-0.1, -0.05) is 12.6 Å². The van der Waals surface area contributed by atoms with Crippen LogP contribution in [0.1, 0.15) is 36.2 Å². The van der Waals surface area contributed by atoms with E-state index in [0.717, 1.165) is 6.07 Å². The van der Waals surface area contributed by atoms with Gasteiger partial charge in [-0.25, -0.2) is 4.98 Å². The predicted octanol–water partition coefficient (Wildman–Crippen LogP) is 3.46. The largest absolute Gasteiger partial charge is 0.433 e. The molecule has 8 heteroatoms. The third-order valence-corrected chi connectivity index (χ3v) is 5.44. The molecule has 1 aromatic rings. The Balaban J connectivity index is 1.91. The zero-order chi connectivity index (χ0) is 20.5. The van der Waals surface area contributed by atoms with Crippen molar-refractivity contribution in [2.45, 2.75) is 32.0 Å². The molecule has 0 aliphatic heterocycles. The maximum atomic E-state index is 13.1. The molecule has 0 saturated heterocycles. The highest BCUT2D eigenvalue weighted by Gasteiger charge is 2.48. The number of nitrogens with zero attached hydrogens (tertiary/aromatic N) is 1. The number of aromatic nitrogens is 1. The number of ether oxygens (including phenoxy) is 2. The van der Waals surface area contributed by atoms with Gasteiger partial charge < -0.3 is 9.47 Å². The first-order valence-corrected chi connectivity index (χ1v) is 9.14. The lowest BCUT2D eigenvalue weighted by Crippen LogP contribution is -2.37. The van der Waals surface area contributed by atoms with Gasteiger partial charge >= 0.3 is 6.18 Å². The van der Waals surface area contributed by atoms with Gasteiger partial charge in [0.2, 0.25) is 0 Å². The minimum absolute atomic E-state index is 0.00875. The zero-order valence-corrected chi connectivity index (χ0v) is 15.6. The molecule has 2 bridgehead atoms. The van der Waals surface area contributed by atoms with Crippen LogP contribution in [0.3, 0.4) is 0 Å². The average Bonchev–Trinajstić information content (AvgIpc) is 3.10. The molecule has 3 rings (SSSR count). The van der Waals surface area contributed by atoms with Crippen molar-refractivity contribution in [3.63, 3.8) is 0 Å². The number of carbonyl (C=O) groups excluding carboxylic acids is 2. The third kappa shape index (κ3) is 4.03. The van der Waals surface area contributed by atoms with E-state index >= 15 is 0 Å². The molecule has 0 amide bonds. The van der Waals surface area contributed by atoms with Crippen molar-refractivity contribution < 1.29 is 32.2 Å². The summed E-state index contributed by atoms with van der Waals surface area (Å²) < 4.78 is 49.4. The van der Waals surface area contributed by atoms with E-state index in [-0.39, 0.29) is 60.1 Å². The number of fused-ring (bicyclic) bond motifs is 2. The molecule has 0 radical (unpaired) electrons. The van der Waals surface area contributed by atoms with Crippen LogP contribution in [0.4, 0.5) is 13.2 Å². The second-order valence-electron chi connectivity index (χ2n) is 7.20. The molecule has 1 aromatic heterocycles. The summed E-state index contributed by atoms with van der Waals surface area (Å²) in [5, 5.41) is 0. The van der Waals surface area contributed by atoms with Gasteiger partial charge in [0.1, 0.15) is 11.6 Å². The molecule has 0 aromatic carbocycles. The van der Waals surface area contributed by atoms with E-state index in [1.54, 1.807) is 0 Å². The molecule has 1 heterocycles. The number of carbonyl (C=O) groups is 2. The summed E-state index contributed by atoms with van der Waals surface area (Å²) in [6.07, 6.45) is -2.69. The van der Waals surface area contributed by atoms with E-state index in [9.17, 15) is 22.8 Å². The lowest BCUT2D eigenvalue weighted by atomic mass is 9.74. The first-order chi connectivity index (χ1) is 13.2. The number of methoxy groups -OCH3 is 1. The van der Waals surface area contributed by atoms with E-state index < -0.39 is 17.8 Å². The highest BCUT2D eigenvalue weighted by atomic mass is 19.4. The number of Topliss-reactive ketones (excluding diaryl/α,β-unsaturated/α-hetero) is 2. The fourth-order valence-corrected chi connectivity index (χ4v) is 3.98. The van der Waals surface area contributed by atoms with Gasteiger partial charge in [-0.05, 0) is 30.9 Å². The van der Waals surface area contributed by atoms with Crippen LogP contribution in [0.25, 0.3) is 5.57 Å². The number of ketones is 2. The number of rotatable bonds is 7. The zero-order valence-electron chi connectivity index (χ0n) is 15.6. The standard InChI is InChI=1S/C20H22F3NO4/c1-11(17-18(25)12-3-4-13(9-12)19(17)26)14-5-6-16(20(21,22)23)24-15(14)10-28-8-7-27-2/h5-6,12-13,17H,1,3-4,7-10H2,2H3. The van der Waals surface area contributed by atoms with Crippen molar-refractivity contribution >= 4 is 17.1 Å². The Morgan fingerprint density at radius 3 is 2.39 bits per heavy atom. The van der Waals surface area contributed by atoms with Gasteiger partial charge in [0.15, 0.2) is 11.6 Å². The lowest BCUT2D eigenvalue weighted by molar-refractivity contribution is -0.141. The minimum atomic E-state index is -4.61. The molecule has 2 aliphatic carbocycles. The molecule has 2 aliphatic rings. The molecule has 152 valence electrons. The Morgan fingerprint density at radius 2 is 1.82 bits per heavy atom. The van der Waals surface area contributed by atoms with Crippen molar-refractivity contribution in [2.75, 3.05) is 20.3 Å². The number of pyridine rings is 1. The first-order valence-electron chi connectivity index (χ1n) is 9.14. The fourth-order valence-electron chi connectivity index (χ4n) is 3.98. The first kappa shape index (κ1) is 20.7. The van der Waals surface area contributed by atoms with Gasteiger partial charge in [-0.15, -0.1) is 0 Å². The van der Waals surface area contributed by atoms with Crippen LogP contribution in [0.15, 0.2) is 18.7 Å². The summed E-state index contributed by atoms with van der Waals surface area (Å²) >= 11 is 0. The summed E-state index contributed by atoms with van der Waals surface area (Å²) in [6, 6.07) is 2.07. The maximum absolute atomic E-state index is 13.1. The number of alkyl halides is 3. The van der Waals surface area contributed by atoms with Gasteiger partial charge in [-0.2, -0.15) is 13.2 Å². The Labute approximate surface area is 160 Å². The Kier molecular flexibility index (Phi) is 6.00. The average molecular weight is 397 g/mol. The smallest absolute Gasteiger partial charge is 0.382 e. The molecular formula is C20H22F3NO4. The maximum Gasteiger partial charge on any atom is 0.433 e. The minimum Gasteiger partial charge on any atom is -0.382 e. The van der Waals surface area contributed by atoms with Crippen LogP contribution < -0.4 is 0 Å².